The molecule has 2 aromatic carbocycles. The van der Waals surface area contributed by atoms with Gasteiger partial charge in [0.25, 0.3) is 0 Å². The van der Waals surface area contributed by atoms with Crippen LogP contribution in [0.2, 0.25) is 0 Å². The molecular weight excluding hydrogens is 223 g/mol. The minimum atomic E-state index is -0.378. The number of rotatable bonds is 1. The molecule has 0 amide bonds. The molecule has 1 nitrogen and oxygen atoms in total. The predicted octanol–water partition coefficient (Wildman–Crippen LogP) is 3.80. The Balaban J connectivity index is 2.68. The summed E-state index contributed by atoms with van der Waals surface area (Å²) in [5, 5.41) is 9.75. The van der Waals surface area contributed by atoms with Gasteiger partial charge in [-0.25, -0.2) is 4.39 Å². The van der Waals surface area contributed by atoms with Crippen LogP contribution in [0.15, 0.2) is 41.3 Å². The van der Waals surface area contributed by atoms with Crippen LogP contribution in [-0.4, -0.2) is 5.11 Å². The van der Waals surface area contributed by atoms with E-state index < -0.39 is 0 Å². The number of aromatic hydroxyl groups is 1. The normalized spacial score (nSPS) is 10.4. The van der Waals surface area contributed by atoms with Gasteiger partial charge in [0, 0.05) is 16.0 Å². The highest BCUT2D eigenvalue weighted by atomic mass is 32.1. The van der Waals surface area contributed by atoms with Crippen molar-refractivity contribution in [3.63, 3.8) is 0 Å². The third-order valence-electron chi connectivity index (χ3n) is 2.47. The summed E-state index contributed by atoms with van der Waals surface area (Å²) in [6.45, 7) is 1.84. The number of halogens is 1. The number of aryl methyl sites for hydroxylation is 1. The molecule has 0 saturated carbocycles. The molecule has 2 aromatic rings. The summed E-state index contributed by atoms with van der Waals surface area (Å²) in [6, 6.07) is 9.79. The third-order valence-corrected chi connectivity index (χ3v) is 2.75. The lowest BCUT2D eigenvalue weighted by Crippen LogP contribution is -1.88. The van der Waals surface area contributed by atoms with Crippen LogP contribution in [0.4, 0.5) is 4.39 Å². The molecule has 0 saturated heterocycles. The molecule has 2 rings (SSSR count). The molecule has 0 unspecified atom stereocenters. The van der Waals surface area contributed by atoms with E-state index in [4.69, 9.17) is 0 Å². The summed E-state index contributed by atoms with van der Waals surface area (Å²) < 4.78 is 13.7. The average molecular weight is 234 g/mol. The van der Waals surface area contributed by atoms with Crippen molar-refractivity contribution < 1.29 is 9.50 Å². The van der Waals surface area contributed by atoms with Crippen molar-refractivity contribution in [1.29, 1.82) is 0 Å². The number of phenols is 1. The lowest BCUT2D eigenvalue weighted by Gasteiger charge is -2.09. The first-order valence-electron chi connectivity index (χ1n) is 4.87. The van der Waals surface area contributed by atoms with E-state index in [-0.39, 0.29) is 11.6 Å². The van der Waals surface area contributed by atoms with Crippen LogP contribution in [0.3, 0.4) is 0 Å². The summed E-state index contributed by atoms with van der Waals surface area (Å²) in [5.74, 6) is -0.289. The highest BCUT2D eigenvalue weighted by molar-refractivity contribution is 7.80. The molecule has 0 aliphatic rings. The quantitative estimate of drug-likeness (QED) is 0.719. The first-order chi connectivity index (χ1) is 7.59. The van der Waals surface area contributed by atoms with Gasteiger partial charge in [0.2, 0.25) is 0 Å². The molecule has 0 aliphatic heterocycles. The molecule has 0 heterocycles. The molecule has 0 radical (unpaired) electrons. The van der Waals surface area contributed by atoms with Gasteiger partial charge in [-0.3, -0.25) is 0 Å². The van der Waals surface area contributed by atoms with Crippen molar-refractivity contribution in [1.82, 2.24) is 0 Å². The average Bonchev–Trinajstić information content (AvgIpc) is 2.20. The van der Waals surface area contributed by atoms with Gasteiger partial charge in [0.05, 0.1) is 0 Å². The van der Waals surface area contributed by atoms with Gasteiger partial charge in [0.1, 0.15) is 11.6 Å². The Morgan fingerprint density at radius 3 is 2.56 bits per heavy atom. The molecule has 0 fully saturated rings. The van der Waals surface area contributed by atoms with E-state index in [0.29, 0.717) is 16.0 Å². The topological polar surface area (TPSA) is 20.2 Å². The summed E-state index contributed by atoms with van der Waals surface area (Å²) in [4.78, 5) is 0.564. The van der Waals surface area contributed by atoms with E-state index in [0.717, 1.165) is 5.56 Å². The Morgan fingerprint density at radius 1 is 1.19 bits per heavy atom. The molecule has 0 atom stereocenters. The number of benzene rings is 2. The van der Waals surface area contributed by atoms with Crippen LogP contribution < -0.4 is 0 Å². The van der Waals surface area contributed by atoms with Crippen LogP contribution >= 0.6 is 12.6 Å². The van der Waals surface area contributed by atoms with E-state index in [1.54, 1.807) is 24.3 Å². The summed E-state index contributed by atoms with van der Waals surface area (Å²) in [6.07, 6.45) is 0. The monoisotopic (exact) mass is 234 g/mol. The standard InChI is InChI=1S/C13H11FOS/c1-8-3-2-4-12(15)13(8)10-6-5-9(16)7-11(10)14/h2-7,15-16H,1H3. The van der Waals surface area contributed by atoms with E-state index in [1.807, 2.05) is 13.0 Å². The zero-order chi connectivity index (χ0) is 11.7. The lowest BCUT2D eigenvalue weighted by molar-refractivity contribution is 0.476. The van der Waals surface area contributed by atoms with E-state index in [9.17, 15) is 9.50 Å². The van der Waals surface area contributed by atoms with Crippen molar-refractivity contribution >= 4 is 12.6 Å². The van der Waals surface area contributed by atoms with Crippen molar-refractivity contribution in [3.05, 3.63) is 47.8 Å². The van der Waals surface area contributed by atoms with Gasteiger partial charge in [-0.05, 0) is 30.7 Å². The van der Waals surface area contributed by atoms with E-state index in [1.165, 1.54) is 6.07 Å². The SMILES string of the molecule is Cc1cccc(O)c1-c1ccc(S)cc1F. The molecule has 82 valence electrons. The summed E-state index contributed by atoms with van der Waals surface area (Å²) >= 11 is 4.06. The van der Waals surface area contributed by atoms with Gasteiger partial charge in [-0.2, -0.15) is 0 Å². The molecule has 0 bridgehead atoms. The summed E-state index contributed by atoms with van der Waals surface area (Å²) in [7, 11) is 0. The van der Waals surface area contributed by atoms with Crippen LogP contribution in [0, 0.1) is 12.7 Å². The fourth-order valence-electron chi connectivity index (χ4n) is 1.71. The minimum absolute atomic E-state index is 0.0887. The highest BCUT2D eigenvalue weighted by Crippen LogP contribution is 2.34. The Hall–Kier alpha value is -1.48. The van der Waals surface area contributed by atoms with Gasteiger partial charge < -0.3 is 5.11 Å². The van der Waals surface area contributed by atoms with Crippen LogP contribution in [0.5, 0.6) is 5.75 Å². The zero-order valence-corrected chi connectivity index (χ0v) is 9.63. The zero-order valence-electron chi connectivity index (χ0n) is 8.74. The smallest absolute Gasteiger partial charge is 0.132 e. The lowest BCUT2D eigenvalue weighted by atomic mass is 9.99. The molecule has 16 heavy (non-hydrogen) atoms. The van der Waals surface area contributed by atoms with Crippen molar-refractivity contribution in [2.24, 2.45) is 0 Å². The van der Waals surface area contributed by atoms with Crippen molar-refractivity contribution in [3.8, 4) is 16.9 Å². The maximum atomic E-state index is 13.7. The highest BCUT2D eigenvalue weighted by Gasteiger charge is 2.11. The van der Waals surface area contributed by atoms with Gasteiger partial charge in [0.15, 0.2) is 0 Å². The van der Waals surface area contributed by atoms with Crippen LogP contribution in [-0.2, 0) is 0 Å². The fourth-order valence-corrected chi connectivity index (χ4v) is 1.90. The van der Waals surface area contributed by atoms with Crippen molar-refractivity contribution in [2.45, 2.75) is 11.8 Å². The van der Waals surface area contributed by atoms with Crippen molar-refractivity contribution in [2.75, 3.05) is 0 Å². The second-order valence-corrected chi connectivity index (χ2v) is 4.15. The second kappa shape index (κ2) is 4.18. The molecule has 3 heteroatoms. The maximum Gasteiger partial charge on any atom is 0.132 e. The van der Waals surface area contributed by atoms with E-state index >= 15 is 0 Å². The third kappa shape index (κ3) is 1.91. The molecular formula is C13H11FOS. The van der Waals surface area contributed by atoms with E-state index in [2.05, 4.69) is 12.6 Å². The second-order valence-electron chi connectivity index (χ2n) is 3.63. The van der Waals surface area contributed by atoms with Gasteiger partial charge in [-0.15, -0.1) is 12.6 Å². The number of hydrogen-bond donors (Lipinski definition) is 2. The maximum absolute atomic E-state index is 13.7. The Labute approximate surface area is 99.0 Å². The first kappa shape index (κ1) is 11.0. The summed E-state index contributed by atoms with van der Waals surface area (Å²) in [5.41, 5.74) is 1.77. The Bertz CT molecular complexity index is 517. The first-order valence-corrected chi connectivity index (χ1v) is 5.32. The number of hydrogen-bond acceptors (Lipinski definition) is 2. The minimum Gasteiger partial charge on any atom is -0.507 e. The van der Waals surface area contributed by atoms with Gasteiger partial charge >= 0.3 is 0 Å². The number of thiol groups is 1. The Kier molecular flexibility index (Phi) is 2.88. The molecule has 0 spiro atoms. The largest absolute Gasteiger partial charge is 0.507 e. The molecule has 0 aliphatic carbocycles. The van der Waals surface area contributed by atoms with Crippen LogP contribution in [0.25, 0.3) is 11.1 Å². The number of phenolic OH excluding ortho intramolecular Hbond substituents is 1. The predicted molar refractivity (Wildman–Crippen MR) is 65.5 cm³/mol. The fraction of sp³-hybridized carbons (Fsp3) is 0.0769. The molecule has 0 aromatic heterocycles. The van der Waals surface area contributed by atoms with Gasteiger partial charge in [-0.1, -0.05) is 18.2 Å². The molecule has 1 N–H and O–H groups in total. The van der Waals surface area contributed by atoms with Crippen LogP contribution in [0.1, 0.15) is 5.56 Å². The Morgan fingerprint density at radius 2 is 1.94 bits per heavy atom.